The summed E-state index contributed by atoms with van der Waals surface area (Å²) in [5.74, 6) is 1.87. The molecule has 1 aromatic rings. The zero-order valence-corrected chi connectivity index (χ0v) is 17.8. The molecule has 1 saturated heterocycles. The second-order valence-electron chi connectivity index (χ2n) is 7.46. The van der Waals surface area contributed by atoms with E-state index < -0.39 is 0 Å². The smallest absolute Gasteiger partial charge is 0.266 e. The Morgan fingerprint density at radius 2 is 2.00 bits per heavy atom. The number of rotatable bonds is 6. The van der Waals surface area contributed by atoms with Crippen LogP contribution in [0.2, 0.25) is 0 Å². The van der Waals surface area contributed by atoms with E-state index in [2.05, 4.69) is 13.8 Å². The molecule has 0 spiro atoms. The normalized spacial score (nSPS) is 20.0. The van der Waals surface area contributed by atoms with Gasteiger partial charge in [-0.1, -0.05) is 63.2 Å². The van der Waals surface area contributed by atoms with Crippen LogP contribution in [0.1, 0.15) is 51.5 Å². The number of carbonyl (C=O) groups is 1. The van der Waals surface area contributed by atoms with Crippen molar-refractivity contribution < 1.29 is 14.3 Å². The van der Waals surface area contributed by atoms with E-state index in [-0.39, 0.29) is 11.9 Å². The number of hydrogen-bond acceptors (Lipinski definition) is 5. The van der Waals surface area contributed by atoms with Crippen molar-refractivity contribution in [3.8, 4) is 11.5 Å². The van der Waals surface area contributed by atoms with Gasteiger partial charge in [0, 0.05) is 6.04 Å². The van der Waals surface area contributed by atoms with Gasteiger partial charge in [0.05, 0.1) is 18.6 Å². The van der Waals surface area contributed by atoms with Crippen LogP contribution >= 0.6 is 24.0 Å². The largest absolute Gasteiger partial charge is 0.493 e. The van der Waals surface area contributed by atoms with Gasteiger partial charge in [-0.05, 0) is 42.5 Å². The molecule has 1 aliphatic heterocycles. The molecule has 1 saturated carbocycles. The highest BCUT2D eigenvalue weighted by molar-refractivity contribution is 8.26. The fourth-order valence-corrected chi connectivity index (χ4v) is 4.84. The van der Waals surface area contributed by atoms with Gasteiger partial charge in [0.15, 0.2) is 11.5 Å². The Labute approximate surface area is 171 Å². The molecular formula is C21H27NO3S2. The third-order valence-corrected chi connectivity index (χ3v) is 6.15. The SMILES string of the molecule is COc1cc(/C=C2/SC(=S)N(C3CCCCC3)C2=O)ccc1OCC(C)C. The molecular weight excluding hydrogens is 378 g/mol. The highest BCUT2D eigenvalue weighted by Gasteiger charge is 2.37. The van der Waals surface area contributed by atoms with Crippen LogP contribution in [0.25, 0.3) is 6.08 Å². The summed E-state index contributed by atoms with van der Waals surface area (Å²) in [5.41, 5.74) is 0.910. The Balaban J connectivity index is 1.77. The average Bonchev–Trinajstić information content (AvgIpc) is 2.94. The minimum Gasteiger partial charge on any atom is -0.493 e. The molecule has 3 rings (SSSR count). The molecule has 27 heavy (non-hydrogen) atoms. The van der Waals surface area contributed by atoms with Crippen molar-refractivity contribution in [2.45, 2.75) is 52.0 Å². The molecule has 1 aliphatic carbocycles. The lowest BCUT2D eigenvalue weighted by atomic mass is 9.94. The number of amides is 1. The molecule has 146 valence electrons. The van der Waals surface area contributed by atoms with Gasteiger partial charge in [-0.2, -0.15) is 0 Å². The molecule has 1 amide bonds. The topological polar surface area (TPSA) is 38.8 Å². The number of thiocarbonyl (C=S) groups is 1. The Kier molecular flexibility index (Phi) is 6.82. The lowest BCUT2D eigenvalue weighted by molar-refractivity contribution is -0.124. The Morgan fingerprint density at radius 1 is 1.26 bits per heavy atom. The van der Waals surface area contributed by atoms with Crippen molar-refractivity contribution in [2.24, 2.45) is 5.92 Å². The third-order valence-electron chi connectivity index (χ3n) is 4.82. The van der Waals surface area contributed by atoms with Crippen molar-refractivity contribution in [3.63, 3.8) is 0 Å². The zero-order valence-electron chi connectivity index (χ0n) is 16.2. The van der Waals surface area contributed by atoms with Gasteiger partial charge in [0.1, 0.15) is 4.32 Å². The number of ether oxygens (including phenoxy) is 2. The summed E-state index contributed by atoms with van der Waals surface area (Å²) in [7, 11) is 1.63. The molecule has 1 heterocycles. The highest BCUT2D eigenvalue weighted by atomic mass is 32.2. The van der Waals surface area contributed by atoms with Crippen molar-refractivity contribution in [1.82, 2.24) is 4.90 Å². The summed E-state index contributed by atoms with van der Waals surface area (Å²) in [5, 5.41) is 0. The molecule has 1 aromatic carbocycles. The van der Waals surface area contributed by atoms with Crippen LogP contribution < -0.4 is 9.47 Å². The van der Waals surface area contributed by atoms with E-state index in [0.29, 0.717) is 27.5 Å². The fraction of sp³-hybridized carbons (Fsp3) is 0.524. The van der Waals surface area contributed by atoms with Crippen molar-refractivity contribution in [2.75, 3.05) is 13.7 Å². The van der Waals surface area contributed by atoms with E-state index in [9.17, 15) is 4.79 Å². The van der Waals surface area contributed by atoms with Crippen molar-refractivity contribution in [1.29, 1.82) is 0 Å². The first-order chi connectivity index (χ1) is 13.0. The quantitative estimate of drug-likeness (QED) is 0.476. The molecule has 2 fully saturated rings. The van der Waals surface area contributed by atoms with Crippen LogP contribution in [-0.4, -0.2) is 34.9 Å². The first kappa shape index (κ1) is 20.2. The molecule has 0 bridgehead atoms. The van der Waals surface area contributed by atoms with Gasteiger partial charge >= 0.3 is 0 Å². The molecule has 0 radical (unpaired) electrons. The van der Waals surface area contributed by atoms with E-state index in [1.807, 2.05) is 29.2 Å². The number of hydrogen-bond donors (Lipinski definition) is 0. The number of benzene rings is 1. The second kappa shape index (κ2) is 9.11. The summed E-state index contributed by atoms with van der Waals surface area (Å²) in [4.78, 5) is 15.4. The summed E-state index contributed by atoms with van der Waals surface area (Å²) in [6.45, 7) is 4.85. The minimum atomic E-state index is 0.0380. The van der Waals surface area contributed by atoms with Gasteiger partial charge in [-0.15, -0.1) is 0 Å². The van der Waals surface area contributed by atoms with Gasteiger partial charge in [0.25, 0.3) is 5.91 Å². The van der Waals surface area contributed by atoms with E-state index in [4.69, 9.17) is 21.7 Å². The Bertz CT molecular complexity index is 739. The molecule has 2 aliphatic rings. The first-order valence-corrected chi connectivity index (χ1v) is 10.8. The Hall–Kier alpha value is -1.53. The average molecular weight is 406 g/mol. The molecule has 0 atom stereocenters. The number of methoxy groups -OCH3 is 1. The maximum Gasteiger partial charge on any atom is 0.266 e. The predicted molar refractivity (Wildman–Crippen MR) is 115 cm³/mol. The zero-order chi connectivity index (χ0) is 19.4. The third kappa shape index (κ3) is 4.85. The standard InChI is InChI=1S/C21H27NO3S2/c1-14(2)13-25-17-10-9-15(11-18(17)24-3)12-19-20(23)22(21(26)27-19)16-7-5-4-6-8-16/h9-12,14,16H,4-8,13H2,1-3H3/b19-12+. The molecule has 0 unspecified atom stereocenters. The Morgan fingerprint density at radius 3 is 2.67 bits per heavy atom. The van der Waals surface area contributed by atoms with Gasteiger partial charge in [0.2, 0.25) is 0 Å². The highest BCUT2D eigenvalue weighted by Crippen LogP contribution is 2.38. The first-order valence-electron chi connectivity index (χ1n) is 9.57. The second-order valence-corrected chi connectivity index (χ2v) is 9.13. The maximum absolute atomic E-state index is 12.9. The van der Waals surface area contributed by atoms with Gasteiger partial charge < -0.3 is 9.47 Å². The molecule has 4 nitrogen and oxygen atoms in total. The van der Waals surface area contributed by atoms with E-state index in [0.717, 1.165) is 24.2 Å². The number of carbonyl (C=O) groups excluding carboxylic acids is 1. The van der Waals surface area contributed by atoms with Crippen LogP contribution in [0.5, 0.6) is 11.5 Å². The summed E-state index contributed by atoms with van der Waals surface area (Å²) >= 11 is 6.90. The van der Waals surface area contributed by atoms with Crippen LogP contribution in [0.4, 0.5) is 0 Å². The summed E-state index contributed by atoms with van der Waals surface area (Å²) in [6, 6.07) is 6.02. The van der Waals surface area contributed by atoms with Crippen LogP contribution in [0, 0.1) is 5.92 Å². The van der Waals surface area contributed by atoms with Crippen LogP contribution in [0.3, 0.4) is 0 Å². The van der Waals surface area contributed by atoms with Crippen LogP contribution in [0.15, 0.2) is 23.1 Å². The van der Waals surface area contributed by atoms with Crippen molar-refractivity contribution >= 4 is 40.3 Å². The summed E-state index contributed by atoms with van der Waals surface area (Å²) < 4.78 is 11.9. The molecule has 0 aromatic heterocycles. The van der Waals surface area contributed by atoms with Crippen LogP contribution in [-0.2, 0) is 4.79 Å². The maximum atomic E-state index is 12.9. The lowest BCUT2D eigenvalue weighted by Crippen LogP contribution is -2.39. The van der Waals surface area contributed by atoms with E-state index >= 15 is 0 Å². The van der Waals surface area contributed by atoms with Gasteiger partial charge in [-0.3, -0.25) is 9.69 Å². The van der Waals surface area contributed by atoms with E-state index in [1.165, 1.54) is 31.0 Å². The summed E-state index contributed by atoms with van der Waals surface area (Å²) in [6.07, 6.45) is 7.61. The van der Waals surface area contributed by atoms with Gasteiger partial charge in [-0.25, -0.2) is 0 Å². The predicted octanol–water partition coefficient (Wildman–Crippen LogP) is 5.26. The number of thioether (sulfide) groups is 1. The minimum absolute atomic E-state index is 0.0380. The van der Waals surface area contributed by atoms with Crippen molar-refractivity contribution in [3.05, 3.63) is 28.7 Å². The molecule has 6 heteroatoms. The number of nitrogens with zero attached hydrogens (tertiary/aromatic N) is 1. The lowest BCUT2D eigenvalue weighted by Gasteiger charge is -2.29. The fourth-order valence-electron chi connectivity index (χ4n) is 3.43. The van der Waals surface area contributed by atoms with E-state index in [1.54, 1.807) is 7.11 Å². The monoisotopic (exact) mass is 405 g/mol. The molecule has 0 N–H and O–H groups in total.